The number of halogens is 2. The number of nitrogens with one attached hydrogen (secondary N) is 1. The first-order valence-corrected chi connectivity index (χ1v) is 11.3. The van der Waals surface area contributed by atoms with E-state index in [1.165, 1.54) is 12.8 Å². The molecule has 10 heteroatoms. The van der Waals surface area contributed by atoms with E-state index in [1.54, 1.807) is 18.2 Å². The summed E-state index contributed by atoms with van der Waals surface area (Å²) < 4.78 is 2.23. The average molecular weight is 492 g/mol. The minimum absolute atomic E-state index is 0. The molecule has 0 bridgehead atoms. The van der Waals surface area contributed by atoms with Crippen molar-refractivity contribution < 1.29 is 4.79 Å². The lowest BCUT2D eigenvalue weighted by atomic mass is 9.86. The van der Waals surface area contributed by atoms with Crippen molar-refractivity contribution in [1.82, 2.24) is 19.5 Å². The molecule has 1 aromatic carbocycles. The molecule has 0 unspecified atom stereocenters. The second-order valence-corrected chi connectivity index (χ2v) is 8.87. The molecule has 2 saturated carbocycles. The normalized spacial score (nSPS) is 20.8. The van der Waals surface area contributed by atoms with Crippen molar-refractivity contribution in [2.24, 2.45) is 11.5 Å². The zero-order valence-electron chi connectivity index (χ0n) is 18.4. The molecule has 2 aliphatic rings. The van der Waals surface area contributed by atoms with Gasteiger partial charge in [-0.2, -0.15) is 0 Å². The lowest BCUT2D eigenvalue weighted by molar-refractivity contribution is 0.100. The average Bonchev–Trinajstić information content (AvgIpc) is 3.44. The molecule has 5 N–H and O–H groups in total. The fourth-order valence-corrected chi connectivity index (χ4v) is 4.92. The molecule has 0 aliphatic heterocycles. The number of nitrogens with two attached hydrogens (primary N) is 2. The molecule has 8 nitrogen and oxygen atoms in total. The molecule has 178 valence electrons. The Morgan fingerprint density at radius 2 is 1.76 bits per heavy atom. The molecule has 0 atom stereocenters. The summed E-state index contributed by atoms with van der Waals surface area (Å²) >= 11 is 0. The van der Waals surface area contributed by atoms with Gasteiger partial charge in [0.25, 0.3) is 0 Å². The standard InChI is InChI=1S/C23H29N7O.2ClH/c24-16-10-8-14(9-11-16)21-28-22(27-17-5-3-4-15(12-17)20(25)31)19-23(29-21)30(13-26-19)18-6-1-2-7-18;;/h3-5,12-14,16,18H,1-2,6-11,24H2,(H2,25,31)(H,27,28,29);2*1H. The lowest BCUT2D eigenvalue weighted by Crippen LogP contribution is -2.26. The van der Waals surface area contributed by atoms with E-state index in [9.17, 15) is 4.79 Å². The van der Waals surface area contributed by atoms with Crippen LogP contribution in [0.25, 0.3) is 11.2 Å². The smallest absolute Gasteiger partial charge is 0.248 e. The van der Waals surface area contributed by atoms with Crippen molar-refractivity contribution >= 4 is 53.4 Å². The van der Waals surface area contributed by atoms with Crippen LogP contribution in [0.3, 0.4) is 0 Å². The van der Waals surface area contributed by atoms with Crippen molar-refractivity contribution in [3.63, 3.8) is 0 Å². The molecular formula is C23H31Cl2N7O. The van der Waals surface area contributed by atoms with E-state index in [1.807, 2.05) is 12.4 Å². The van der Waals surface area contributed by atoms with Crippen molar-refractivity contribution in [3.05, 3.63) is 42.0 Å². The lowest BCUT2D eigenvalue weighted by Gasteiger charge is -2.25. The molecule has 0 spiro atoms. The highest BCUT2D eigenvalue weighted by Crippen LogP contribution is 2.36. The number of imidazole rings is 1. The van der Waals surface area contributed by atoms with E-state index in [0.29, 0.717) is 23.3 Å². The molecule has 2 aliphatic carbocycles. The number of aromatic nitrogens is 4. The summed E-state index contributed by atoms with van der Waals surface area (Å²) in [6.45, 7) is 0. The van der Waals surface area contributed by atoms with Crippen molar-refractivity contribution in [3.8, 4) is 0 Å². The third-order valence-corrected chi connectivity index (χ3v) is 6.70. The first-order valence-electron chi connectivity index (χ1n) is 11.3. The number of amides is 1. The van der Waals surface area contributed by atoms with Crippen LogP contribution < -0.4 is 16.8 Å². The van der Waals surface area contributed by atoms with Gasteiger partial charge in [0.1, 0.15) is 5.82 Å². The van der Waals surface area contributed by atoms with E-state index in [-0.39, 0.29) is 30.9 Å². The SMILES string of the molecule is Cl.Cl.NC(=O)c1cccc(Nc2nc(C3CCC(N)CC3)nc3c2ncn3C2CCCC2)c1. The number of rotatable bonds is 5. The summed E-state index contributed by atoms with van der Waals surface area (Å²) in [5.41, 5.74) is 14.4. The molecule has 2 heterocycles. The van der Waals surface area contributed by atoms with Crippen molar-refractivity contribution in [2.75, 3.05) is 5.32 Å². The Balaban J connectivity index is 0.00000153. The molecule has 3 aromatic rings. The number of fused-ring (bicyclic) bond motifs is 1. The van der Waals surface area contributed by atoms with Crippen molar-refractivity contribution in [1.29, 1.82) is 0 Å². The predicted octanol–water partition coefficient (Wildman–Crippen LogP) is 4.61. The maximum Gasteiger partial charge on any atom is 0.248 e. The Morgan fingerprint density at radius 3 is 2.45 bits per heavy atom. The third kappa shape index (κ3) is 5.23. The zero-order valence-corrected chi connectivity index (χ0v) is 20.1. The molecule has 2 fully saturated rings. The summed E-state index contributed by atoms with van der Waals surface area (Å²) in [6.07, 6.45) is 10.7. The second-order valence-electron chi connectivity index (χ2n) is 8.87. The Hall–Kier alpha value is -2.42. The monoisotopic (exact) mass is 491 g/mol. The minimum Gasteiger partial charge on any atom is -0.366 e. The molecule has 5 rings (SSSR count). The van der Waals surface area contributed by atoms with Crippen LogP contribution in [-0.2, 0) is 0 Å². The topological polar surface area (TPSA) is 125 Å². The largest absolute Gasteiger partial charge is 0.366 e. The van der Waals surface area contributed by atoms with Gasteiger partial charge < -0.3 is 21.4 Å². The van der Waals surface area contributed by atoms with Gasteiger partial charge >= 0.3 is 0 Å². The summed E-state index contributed by atoms with van der Waals surface area (Å²) in [4.78, 5) is 26.2. The fourth-order valence-electron chi connectivity index (χ4n) is 4.92. The van der Waals surface area contributed by atoms with Crippen LogP contribution in [0.5, 0.6) is 0 Å². The molecular weight excluding hydrogens is 461 g/mol. The molecule has 0 saturated heterocycles. The first-order chi connectivity index (χ1) is 15.1. The van der Waals surface area contributed by atoms with Crippen LogP contribution in [0.15, 0.2) is 30.6 Å². The fraction of sp³-hybridized carbons (Fsp3) is 0.478. The van der Waals surface area contributed by atoms with E-state index >= 15 is 0 Å². The Labute approximate surface area is 205 Å². The second kappa shape index (κ2) is 10.7. The van der Waals surface area contributed by atoms with Gasteiger partial charge in [-0.1, -0.05) is 18.9 Å². The van der Waals surface area contributed by atoms with E-state index in [2.05, 4.69) is 14.9 Å². The van der Waals surface area contributed by atoms with Gasteiger partial charge in [-0.3, -0.25) is 4.79 Å². The number of carbonyl (C=O) groups is 1. The van der Waals surface area contributed by atoms with Crippen molar-refractivity contribution in [2.45, 2.75) is 69.4 Å². The molecule has 2 aromatic heterocycles. The van der Waals surface area contributed by atoms with Crippen LogP contribution >= 0.6 is 24.8 Å². The van der Waals surface area contributed by atoms with Gasteiger partial charge in [-0.05, 0) is 56.7 Å². The van der Waals surface area contributed by atoms with Crippen LogP contribution in [0.4, 0.5) is 11.5 Å². The number of hydrogen-bond acceptors (Lipinski definition) is 6. The number of nitrogens with zero attached hydrogens (tertiary/aromatic N) is 4. The number of hydrogen-bond donors (Lipinski definition) is 3. The van der Waals surface area contributed by atoms with Crippen LogP contribution in [-0.4, -0.2) is 31.5 Å². The number of primary amides is 1. The highest BCUT2D eigenvalue weighted by Gasteiger charge is 2.26. The summed E-state index contributed by atoms with van der Waals surface area (Å²) in [7, 11) is 0. The number of carbonyl (C=O) groups excluding carboxylic acids is 1. The van der Waals surface area contributed by atoms with Gasteiger partial charge in [0, 0.05) is 29.3 Å². The number of benzene rings is 1. The summed E-state index contributed by atoms with van der Waals surface area (Å²) in [5.74, 6) is 1.37. The third-order valence-electron chi connectivity index (χ3n) is 6.70. The van der Waals surface area contributed by atoms with Gasteiger partial charge in [0.15, 0.2) is 17.0 Å². The zero-order chi connectivity index (χ0) is 21.4. The van der Waals surface area contributed by atoms with Crippen LogP contribution in [0, 0.1) is 0 Å². The Kier molecular flexibility index (Phi) is 8.15. The minimum atomic E-state index is -0.457. The van der Waals surface area contributed by atoms with Gasteiger partial charge in [-0.25, -0.2) is 15.0 Å². The van der Waals surface area contributed by atoms with Gasteiger partial charge in [-0.15, -0.1) is 24.8 Å². The van der Waals surface area contributed by atoms with E-state index in [4.69, 9.17) is 21.4 Å². The molecule has 33 heavy (non-hydrogen) atoms. The summed E-state index contributed by atoms with van der Waals surface area (Å²) in [5, 5.41) is 3.37. The number of anilines is 2. The van der Waals surface area contributed by atoms with E-state index in [0.717, 1.165) is 61.2 Å². The maximum absolute atomic E-state index is 11.6. The van der Waals surface area contributed by atoms with Gasteiger partial charge in [0.2, 0.25) is 5.91 Å². The quantitative estimate of drug-likeness (QED) is 0.478. The summed E-state index contributed by atoms with van der Waals surface area (Å²) in [6, 6.07) is 7.87. The highest BCUT2D eigenvalue weighted by molar-refractivity contribution is 5.94. The highest BCUT2D eigenvalue weighted by atomic mass is 35.5. The van der Waals surface area contributed by atoms with E-state index < -0.39 is 5.91 Å². The molecule has 1 amide bonds. The van der Waals surface area contributed by atoms with Gasteiger partial charge in [0.05, 0.1) is 6.33 Å². The Bertz CT molecular complexity index is 1110. The first kappa shape index (κ1) is 25.2. The predicted molar refractivity (Wildman–Crippen MR) is 135 cm³/mol. The molecule has 0 radical (unpaired) electrons. The maximum atomic E-state index is 11.6. The van der Waals surface area contributed by atoms with Crippen LogP contribution in [0.1, 0.15) is 79.5 Å². The Morgan fingerprint density at radius 1 is 1.03 bits per heavy atom. The van der Waals surface area contributed by atoms with Crippen LogP contribution in [0.2, 0.25) is 0 Å².